The van der Waals surface area contributed by atoms with Gasteiger partial charge in [0.25, 0.3) is 5.91 Å². The van der Waals surface area contributed by atoms with Gasteiger partial charge in [0.05, 0.1) is 6.54 Å². The number of nitrogens with zero attached hydrogens (tertiary/aromatic N) is 1. The Bertz CT molecular complexity index is 1290. The molecule has 2 heterocycles. The van der Waals surface area contributed by atoms with Crippen molar-refractivity contribution in [3.63, 3.8) is 0 Å². The van der Waals surface area contributed by atoms with E-state index in [1.165, 1.54) is 6.92 Å². The highest BCUT2D eigenvalue weighted by Gasteiger charge is 2.50. The summed E-state index contributed by atoms with van der Waals surface area (Å²) in [5, 5.41) is 3.29. The van der Waals surface area contributed by atoms with Gasteiger partial charge in [0.15, 0.2) is 0 Å². The molecule has 0 saturated carbocycles. The van der Waals surface area contributed by atoms with Crippen LogP contribution in [0.2, 0.25) is 5.02 Å². The molecule has 1 aliphatic heterocycles. The second-order valence-corrected chi connectivity index (χ2v) is 7.67. The molecule has 30 heavy (non-hydrogen) atoms. The van der Waals surface area contributed by atoms with Crippen molar-refractivity contribution < 1.29 is 22.8 Å². The van der Waals surface area contributed by atoms with Crippen molar-refractivity contribution >= 4 is 34.5 Å². The molecule has 154 valence electrons. The maximum Gasteiger partial charge on any atom is 0.336 e. The standard InChI is InChI=1S/C21H15ClF2N2O4/c1-10-5-17-13(8-15(10)22)11(6-18(27)30-17)9-26-19(28)21(2,25-20(26)29)14-7-12(23)3-4-16(14)24/h3-8H,9H2,1-2H3,(H,25,29). The van der Waals surface area contributed by atoms with Crippen LogP contribution in [0.4, 0.5) is 13.6 Å². The van der Waals surface area contributed by atoms with Crippen LogP contribution in [0.5, 0.6) is 0 Å². The molecular formula is C21H15ClF2N2O4. The number of carbonyl (C=O) groups excluding carboxylic acids is 2. The minimum absolute atomic E-state index is 0.255. The molecule has 1 aliphatic rings. The number of amides is 3. The van der Waals surface area contributed by atoms with Crippen LogP contribution in [0.3, 0.4) is 0 Å². The fourth-order valence-electron chi connectivity index (χ4n) is 3.55. The highest BCUT2D eigenvalue weighted by atomic mass is 35.5. The van der Waals surface area contributed by atoms with E-state index in [1.54, 1.807) is 19.1 Å². The Morgan fingerprint density at radius 2 is 1.87 bits per heavy atom. The Hall–Kier alpha value is -3.26. The van der Waals surface area contributed by atoms with Crippen LogP contribution in [0, 0.1) is 18.6 Å². The first kappa shape index (κ1) is 20.0. The minimum atomic E-state index is -1.80. The van der Waals surface area contributed by atoms with Gasteiger partial charge >= 0.3 is 11.7 Å². The van der Waals surface area contributed by atoms with Crippen LogP contribution in [-0.2, 0) is 16.9 Å². The van der Waals surface area contributed by atoms with Crippen LogP contribution in [0.25, 0.3) is 11.0 Å². The third-order valence-corrected chi connectivity index (χ3v) is 5.59. The first-order valence-electron chi connectivity index (χ1n) is 8.92. The maximum absolute atomic E-state index is 14.3. The van der Waals surface area contributed by atoms with E-state index in [4.69, 9.17) is 16.0 Å². The quantitative estimate of drug-likeness (QED) is 0.501. The second-order valence-electron chi connectivity index (χ2n) is 7.26. The van der Waals surface area contributed by atoms with Crippen molar-refractivity contribution in [2.24, 2.45) is 0 Å². The lowest BCUT2D eigenvalue weighted by atomic mass is 9.91. The third-order valence-electron chi connectivity index (χ3n) is 5.18. The summed E-state index contributed by atoms with van der Waals surface area (Å²) in [5.41, 5.74) is -1.48. The summed E-state index contributed by atoms with van der Waals surface area (Å²) < 4.78 is 33.2. The van der Waals surface area contributed by atoms with Crippen molar-refractivity contribution in [3.05, 3.63) is 80.2 Å². The molecule has 0 radical (unpaired) electrons. The number of hydrogen-bond donors (Lipinski definition) is 1. The van der Waals surface area contributed by atoms with Crippen LogP contribution in [-0.4, -0.2) is 16.8 Å². The Kier molecular flexibility index (Phi) is 4.62. The summed E-state index contributed by atoms with van der Waals surface area (Å²) in [7, 11) is 0. The smallest absolute Gasteiger partial charge is 0.336 e. The lowest BCUT2D eigenvalue weighted by Crippen LogP contribution is -2.41. The van der Waals surface area contributed by atoms with Crippen LogP contribution in [0.15, 0.2) is 45.6 Å². The number of carbonyl (C=O) groups is 2. The summed E-state index contributed by atoms with van der Waals surface area (Å²) in [6.07, 6.45) is 0. The monoisotopic (exact) mass is 432 g/mol. The molecule has 1 unspecified atom stereocenters. The highest BCUT2D eigenvalue weighted by Crippen LogP contribution is 2.33. The van der Waals surface area contributed by atoms with E-state index in [2.05, 4.69) is 5.32 Å². The van der Waals surface area contributed by atoms with Crippen molar-refractivity contribution in [2.75, 3.05) is 0 Å². The van der Waals surface area contributed by atoms with Gasteiger partial charge in [0.1, 0.15) is 22.8 Å². The Balaban J connectivity index is 1.77. The summed E-state index contributed by atoms with van der Waals surface area (Å²) in [6, 6.07) is 6.19. The van der Waals surface area contributed by atoms with Crippen molar-refractivity contribution in [1.29, 1.82) is 0 Å². The summed E-state index contributed by atoms with van der Waals surface area (Å²) in [4.78, 5) is 38.5. The number of hydrogen-bond acceptors (Lipinski definition) is 4. The van der Waals surface area contributed by atoms with Gasteiger partial charge in [-0.05, 0) is 55.3 Å². The van der Waals surface area contributed by atoms with E-state index in [0.717, 1.165) is 29.2 Å². The maximum atomic E-state index is 14.3. The molecule has 1 N–H and O–H groups in total. The zero-order valence-corrected chi connectivity index (χ0v) is 16.6. The molecule has 3 amide bonds. The van der Waals surface area contributed by atoms with Gasteiger partial charge in [0.2, 0.25) is 0 Å². The molecular weight excluding hydrogens is 418 g/mol. The molecule has 1 fully saturated rings. The lowest BCUT2D eigenvalue weighted by Gasteiger charge is -2.23. The second kappa shape index (κ2) is 6.91. The van der Waals surface area contributed by atoms with Crippen molar-refractivity contribution in [3.8, 4) is 0 Å². The number of aryl methyl sites for hydroxylation is 1. The molecule has 4 rings (SSSR count). The topological polar surface area (TPSA) is 79.6 Å². The van der Waals surface area contributed by atoms with Gasteiger partial charge in [-0.2, -0.15) is 0 Å². The van der Waals surface area contributed by atoms with Crippen LogP contribution < -0.4 is 10.9 Å². The fourth-order valence-corrected chi connectivity index (χ4v) is 3.72. The number of halogens is 3. The summed E-state index contributed by atoms with van der Waals surface area (Å²) >= 11 is 6.17. The Labute approximate surface area is 174 Å². The molecule has 9 heteroatoms. The van der Waals surface area contributed by atoms with E-state index < -0.39 is 34.7 Å². The largest absolute Gasteiger partial charge is 0.423 e. The van der Waals surface area contributed by atoms with E-state index in [1.807, 2.05) is 0 Å². The molecule has 0 spiro atoms. The number of imide groups is 1. The van der Waals surface area contributed by atoms with Crippen molar-refractivity contribution in [2.45, 2.75) is 25.9 Å². The Morgan fingerprint density at radius 1 is 1.13 bits per heavy atom. The number of fused-ring (bicyclic) bond motifs is 1. The minimum Gasteiger partial charge on any atom is -0.423 e. The fraction of sp³-hybridized carbons (Fsp3) is 0.190. The number of urea groups is 1. The average Bonchev–Trinajstić information content (AvgIpc) is 2.89. The van der Waals surface area contributed by atoms with Gasteiger partial charge in [0, 0.05) is 22.0 Å². The zero-order valence-electron chi connectivity index (χ0n) is 15.9. The molecule has 0 aliphatic carbocycles. The normalized spacial score (nSPS) is 18.9. The van der Waals surface area contributed by atoms with Gasteiger partial charge in [-0.15, -0.1) is 0 Å². The van der Waals surface area contributed by atoms with Crippen LogP contribution >= 0.6 is 11.6 Å². The number of rotatable bonds is 3. The predicted octanol–water partition coefficient (Wildman–Crippen LogP) is 4.00. The van der Waals surface area contributed by atoms with Gasteiger partial charge in [-0.3, -0.25) is 9.69 Å². The van der Waals surface area contributed by atoms with Crippen LogP contribution in [0.1, 0.15) is 23.6 Å². The highest BCUT2D eigenvalue weighted by molar-refractivity contribution is 6.32. The zero-order chi connectivity index (χ0) is 21.8. The SMILES string of the molecule is Cc1cc2oc(=O)cc(CN3C(=O)NC(C)(c4cc(F)ccc4F)C3=O)c2cc1Cl. The summed E-state index contributed by atoms with van der Waals surface area (Å²) in [6.45, 7) is 2.76. The molecule has 1 aromatic heterocycles. The van der Waals surface area contributed by atoms with E-state index in [0.29, 0.717) is 21.5 Å². The van der Waals surface area contributed by atoms with Gasteiger partial charge < -0.3 is 9.73 Å². The van der Waals surface area contributed by atoms with E-state index >= 15 is 0 Å². The molecule has 2 aromatic carbocycles. The van der Waals surface area contributed by atoms with Crippen molar-refractivity contribution in [1.82, 2.24) is 10.2 Å². The van der Waals surface area contributed by atoms with Gasteiger partial charge in [-0.1, -0.05) is 11.6 Å². The molecule has 1 atom stereocenters. The van der Waals surface area contributed by atoms with E-state index in [-0.39, 0.29) is 17.7 Å². The molecule has 0 bridgehead atoms. The van der Waals surface area contributed by atoms with E-state index in [9.17, 15) is 23.2 Å². The first-order chi connectivity index (χ1) is 14.1. The first-order valence-corrected chi connectivity index (χ1v) is 9.30. The number of nitrogens with one attached hydrogen (secondary N) is 1. The molecule has 1 saturated heterocycles. The Morgan fingerprint density at radius 3 is 2.60 bits per heavy atom. The predicted molar refractivity (Wildman–Crippen MR) is 105 cm³/mol. The average molecular weight is 433 g/mol. The molecule has 3 aromatic rings. The summed E-state index contributed by atoms with van der Waals surface area (Å²) in [5.74, 6) is -2.36. The lowest BCUT2D eigenvalue weighted by molar-refractivity contribution is -0.131. The third kappa shape index (κ3) is 3.13. The van der Waals surface area contributed by atoms with Gasteiger partial charge in [-0.25, -0.2) is 18.4 Å². The molecule has 6 nitrogen and oxygen atoms in total. The number of benzene rings is 2.